The number of rotatable bonds is 5. The molecule has 1 aliphatic heterocycles. The lowest BCUT2D eigenvalue weighted by molar-refractivity contribution is -0.159. The van der Waals surface area contributed by atoms with Crippen LogP contribution in [0.5, 0.6) is 0 Å². The molecule has 0 radical (unpaired) electrons. The minimum atomic E-state index is -0.550. The van der Waals surface area contributed by atoms with Crippen molar-refractivity contribution in [3.05, 3.63) is 0 Å². The van der Waals surface area contributed by atoms with E-state index >= 15 is 0 Å². The van der Waals surface area contributed by atoms with Gasteiger partial charge in [-0.3, -0.25) is 14.4 Å². The van der Waals surface area contributed by atoms with Gasteiger partial charge in [0, 0.05) is 24.9 Å². The van der Waals surface area contributed by atoms with Gasteiger partial charge in [0.05, 0.1) is 6.42 Å². The highest BCUT2D eigenvalue weighted by molar-refractivity contribution is 5.87. The Balaban J connectivity index is 2.32. The summed E-state index contributed by atoms with van der Waals surface area (Å²) in [4.78, 5) is 36.0. The molecule has 5 nitrogen and oxygen atoms in total. The van der Waals surface area contributed by atoms with Crippen molar-refractivity contribution in [3.8, 4) is 0 Å². The molecule has 0 unspecified atom stereocenters. The first-order chi connectivity index (χ1) is 8.36. The second kappa shape index (κ2) is 5.98. The normalized spacial score (nSPS) is 17.9. The van der Waals surface area contributed by atoms with Crippen LogP contribution < -0.4 is 0 Å². The van der Waals surface area contributed by atoms with E-state index in [1.54, 1.807) is 4.90 Å². The van der Waals surface area contributed by atoms with E-state index in [4.69, 9.17) is 0 Å². The summed E-state index contributed by atoms with van der Waals surface area (Å²) >= 11 is 0. The Morgan fingerprint density at radius 3 is 2.39 bits per heavy atom. The van der Waals surface area contributed by atoms with Crippen LogP contribution >= 0.6 is 0 Å². The Labute approximate surface area is 107 Å². The summed E-state index contributed by atoms with van der Waals surface area (Å²) in [5.74, 6) is -0.975. The van der Waals surface area contributed by atoms with Crippen LogP contribution in [0, 0.1) is 5.41 Å². The van der Waals surface area contributed by atoms with E-state index in [9.17, 15) is 14.4 Å². The molecule has 5 heteroatoms. The van der Waals surface area contributed by atoms with Crippen LogP contribution in [0.3, 0.4) is 0 Å². The topological polar surface area (TPSA) is 63.7 Å². The number of esters is 2. The molecular weight excluding hydrogens is 234 g/mol. The molecule has 1 rings (SSSR count). The number of ether oxygens (including phenoxy) is 1. The number of carbonyl (C=O) groups is 3. The van der Waals surface area contributed by atoms with Gasteiger partial charge in [-0.2, -0.15) is 0 Å². The molecule has 0 aromatic rings. The standard InChI is InChI=1S/C13H21NO4/c1-4-5-10(15)18-11(16)6-8-14-9-7-13(2,3)12(14)17/h4-9H2,1-3H3. The van der Waals surface area contributed by atoms with Crippen LogP contribution in [0.15, 0.2) is 0 Å². The van der Waals surface area contributed by atoms with Crippen LogP contribution in [0.25, 0.3) is 0 Å². The van der Waals surface area contributed by atoms with Gasteiger partial charge in [-0.25, -0.2) is 0 Å². The lowest BCUT2D eigenvalue weighted by atomic mass is 9.92. The molecule has 0 aliphatic carbocycles. The molecule has 0 aromatic carbocycles. The Morgan fingerprint density at radius 1 is 1.28 bits per heavy atom. The molecule has 102 valence electrons. The second-order valence-electron chi connectivity index (χ2n) is 5.27. The summed E-state index contributed by atoms with van der Waals surface area (Å²) in [7, 11) is 0. The van der Waals surface area contributed by atoms with Crippen molar-refractivity contribution in [2.75, 3.05) is 13.1 Å². The summed E-state index contributed by atoms with van der Waals surface area (Å²) in [6.45, 7) is 6.65. The predicted octanol–water partition coefficient (Wildman–Crippen LogP) is 1.50. The monoisotopic (exact) mass is 255 g/mol. The van der Waals surface area contributed by atoms with Gasteiger partial charge in [0.15, 0.2) is 0 Å². The van der Waals surface area contributed by atoms with Crippen molar-refractivity contribution >= 4 is 17.8 Å². The molecule has 1 heterocycles. The van der Waals surface area contributed by atoms with Crippen molar-refractivity contribution in [3.63, 3.8) is 0 Å². The highest BCUT2D eigenvalue weighted by Gasteiger charge is 2.38. The molecule has 18 heavy (non-hydrogen) atoms. The zero-order valence-electron chi connectivity index (χ0n) is 11.3. The maximum atomic E-state index is 11.9. The highest BCUT2D eigenvalue weighted by Crippen LogP contribution is 2.30. The van der Waals surface area contributed by atoms with Gasteiger partial charge in [0.2, 0.25) is 5.91 Å². The molecular formula is C13H21NO4. The van der Waals surface area contributed by atoms with Gasteiger partial charge in [-0.15, -0.1) is 0 Å². The summed E-state index contributed by atoms with van der Waals surface area (Å²) in [6, 6.07) is 0. The molecule has 0 atom stereocenters. The van der Waals surface area contributed by atoms with E-state index in [-0.39, 0.29) is 24.2 Å². The summed E-state index contributed by atoms with van der Waals surface area (Å²) in [5, 5.41) is 0. The first-order valence-electron chi connectivity index (χ1n) is 6.39. The lowest BCUT2D eigenvalue weighted by Crippen LogP contribution is -2.33. The third-order valence-electron chi connectivity index (χ3n) is 3.14. The first-order valence-corrected chi connectivity index (χ1v) is 6.39. The van der Waals surface area contributed by atoms with Crippen molar-refractivity contribution in [2.24, 2.45) is 5.41 Å². The highest BCUT2D eigenvalue weighted by atomic mass is 16.6. The molecule has 0 spiro atoms. The van der Waals surface area contributed by atoms with Crippen LogP contribution in [-0.4, -0.2) is 35.8 Å². The van der Waals surface area contributed by atoms with E-state index < -0.39 is 11.9 Å². The average molecular weight is 255 g/mol. The number of amides is 1. The molecule has 1 amide bonds. The molecule has 1 aliphatic rings. The van der Waals surface area contributed by atoms with Crippen LogP contribution in [0.1, 0.15) is 46.5 Å². The summed E-state index contributed by atoms with van der Waals surface area (Å²) in [5.41, 5.74) is -0.331. The summed E-state index contributed by atoms with van der Waals surface area (Å²) < 4.78 is 4.62. The van der Waals surface area contributed by atoms with Gasteiger partial charge in [0.25, 0.3) is 0 Å². The first kappa shape index (κ1) is 14.7. The van der Waals surface area contributed by atoms with Gasteiger partial charge in [-0.1, -0.05) is 20.8 Å². The number of nitrogens with zero attached hydrogens (tertiary/aromatic N) is 1. The van der Waals surface area contributed by atoms with E-state index in [0.717, 1.165) is 6.42 Å². The van der Waals surface area contributed by atoms with Gasteiger partial charge in [-0.05, 0) is 12.8 Å². The number of hydrogen-bond donors (Lipinski definition) is 0. The molecule has 1 saturated heterocycles. The van der Waals surface area contributed by atoms with Crippen molar-refractivity contribution in [2.45, 2.75) is 46.5 Å². The summed E-state index contributed by atoms with van der Waals surface area (Å²) in [6.07, 6.45) is 1.79. The third-order valence-corrected chi connectivity index (χ3v) is 3.14. The Kier molecular flexibility index (Phi) is 4.87. The van der Waals surface area contributed by atoms with Crippen LogP contribution in [-0.2, 0) is 19.1 Å². The smallest absolute Gasteiger partial charge is 0.315 e. The average Bonchev–Trinajstić information content (AvgIpc) is 2.52. The Morgan fingerprint density at radius 2 is 1.89 bits per heavy atom. The zero-order valence-corrected chi connectivity index (χ0v) is 11.3. The Hall–Kier alpha value is -1.39. The van der Waals surface area contributed by atoms with E-state index in [0.29, 0.717) is 19.5 Å². The minimum absolute atomic E-state index is 0.0650. The fourth-order valence-corrected chi connectivity index (χ4v) is 1.92. The Bertz CT molecular complexity index is 349. The molecule has 1 fully saturated rings. The lowest BCUT2D eigenvalue weighted by Gasteiger charge is -2.18. The van der Waals surface area contributed by atoms with Gasteiger partial charge in [0.1, 0.15) is 0 Å². The molecule has 0 bridgehead atoms. The number of carbonyl (C=O) groups excluding carboxylic acids is 3. The maximum Gasteiger partial charge on any atom is 0.315 e. The zero-order chi connectivity index (χ0) is 13.8. The largest absolute Gasteiger partial charge is 0.393 e. The SMILES string of the molecule is CCCC(=O)OC(=O)CCN1CCC(C)(C)C1=O. The van der Waals surface area contributed by atoms with Crippen LogP contribution in [0.4, 0.5) is 0 Å². The van der Waals surface area contributed by atoms with Crippen molar-refractivity contribution < 1.29 is 19.1 Å². The number of hydrogen-bond acceptors (Lipinski definition) is 4. The molecule has 0 aromatic heterocycles. The predicted molar refractivity (Wildman–Crippen MR) is 65.6 cm³/mol. The number of likely N-dealkylation sites (tertiary alicyclic amines) is 1. The van der Waals surface area contributed by atoms with Crippen LogP contribution in [0.2, 0.25) is 0 Å². The fourth-order valence-electron chi connectivity index (χ4n) is 1.92. The molecule has 0 N–H and O–H groups in total. The van der Waals surface area contributed by atoms with Gasteiger partial charge < -0.3 is 9.64 Å². The minimum Gasteiger partial charge on any atom is -0.393 e. The van der Waals surface area contributed by atoms with E-state index in [2.05, 4.69) is 4.74 Å². The second-order valence-corrected chi connectivity index (χ2v) is 5.27. The fraction of sp³-hybridized carbons (Fsp3) is 0.769. The van der Waals surface area contributed by atoms with Gasteiger partial charge >= 0.3 is 11.9 Å². The maximum absolute atomic E-state index is 11.9. The van der Waals surface area contributed by atoms with E-state index in [1.165, 1.54) is 0 Å². The molecule has 0 saturated carbocycles. The van der Waals surface area contributed by atoms with Crippen molar-refractivity contribution in [1.29, 1.82) is 0 Å². The van der Waals surface area contributed by atoms with Crippen molar-refractivity contribution in [1.82, 2.24) is 4.90 Å². The third kappa shape index (κ3) is 3.82. The van der Waals surface area contributed by atoms with E-state index in [1.807, 2.05) is 20.8 Å². The quantitative estimate of drug-likeness (QED) is 0.551.